The van der Waals surface area contributed by atoms with Crippen molar-refractivity contribution in [3.05, 3.63) is 23.6 Å². The third kappa shape index (κ3) is 1.89. The van der Waals surface area contributed by atoms with Gasteiger partial charge < -0.3 is 4.55 Å². The summed E-state index contributed by atoms with van der Waals surface area (Å²) in [5.74, 6) is 0.617. The van der Waals surface area contributed by atoms with Crippen LogP contribution in [0.5, 0.6) is 0 Å². The molecule has 0 aromatic carbocycles. The summed E-state index contributed by atoms with van der Waals surface area (Å²) in [7, 11) is 0. The summed E-state index contributed by atoms with van der Waals surface area (Å²) < 4.78 is 11.2. The van der Waals surface area contributed by atoms with Crippen molar-refractivity contribution < 1.29 is 4.55 Å². The minimum atomic E-state index is -0.752. The van der Waals surface area contributed by atoms with Gasteiger partial charge in [-0.25, -0.2) is 0 Å². The predicted octanol–water partition coefficient (Wildman–Crippen LogP) is 1.99. The Morgan fingerprint density at radius 1 is 1.80 bits per heavy atom. The van der Waals surface area contributed by atoms with Crippen molar-refractivity contribution >= 4 is 11.2 Å². The van der Waals surface area contributed by atoms with Crippen LogP contribution in [0, 0.1) is 0 Å². The zero-order valence-electron chi connectivity index (χ0n) is 6.01. The van der Waals surface area contributed by atoms with E-state index in [2.05, 4.69) is 12.7 Å². The molecule has 0 heterocycles. The monoisotopic (exact) mass is 156 g/mol. The van der Waals surface area contributed by atoms with Gasteiger partial charge in [0.1, 0.15) is 10.7 Å². The second kappa shape index (κ2) is 3.84. The number of hydrogen-bond donors (Lipinski definition) is 0. The van der Waals surface area contributed by atoms with Crippen LogP contribution in [0.2, 0.25) is 0 Å². The Bertz CT molecular complexity index is 151. The van der Waals surface area contributed by atoms with Gasteiger partial charge in [0, 0.05) is 6.42 Å². The zero-order chi connectivity index (χ0) is 7.40. The van der Waals surface area contributed by atoms with Crippen molar-refractivity contribution in [2.24, 2.45) is 0 Å². The highest BCUT2D eigenvalue weighted by atomic mass is 32.2. The molecular formula is C8H12OS. The van der Waals surface area contributed by atoms with Gasteiger partial charge >= 0.3 is 0 Å². The smallest absolute Gasteiger partial charge is 0.128 e. The van der Waals surface area contributed by atoms with Gasteiger partial charge in [0.15, 0.2) is 0 Å². The third-order valence-corrected chi connectivity index (χ3v) is 3.06. The van der Waals surface area contributed by atoms with Crippen molar-refractivity contribution in [2.75, 3.05) is 5.75 Å². The topological polar surface area (TPSA) is 23.1 Å². The Morgan fingerprint density at radius 2 is 2.60 bits per heavy atom. The average molecular weight is 156 g/mol. The van der Waals surface area contributed by atoms with Crippen molar-refractivity contribution in [2.45, 2.75) is 19.3 Å². The molecule has 0 fully saturated rings. The van der Waals surface area contributed by atoms with E-state index in [0.717, 1.165) is 17.7 Å². The van der Waals surface area contributed by atoms with Gasteiger partial charge in [-0.05, 0) is 36.2 Å². The Hall–Kier alpha value is -0.210. The normalized spacial score (nSPS) is 20.3. The van der Waals surface area contributed by atoms with Gasteiger partial charge in [0.2, 0.25) is 0 Å². The molecule has 2 heteroatoms. The van der Waals surface area contributed by atoms with Crippen molar-refractivity contribution in [3.63, 3.8) is 0 Å². The molecule has 1 atom stereocenters. The van der Waals surface area contributed by atoms with Crippen LogP contribution in [0.15, 0.2) is 23.6 Å². The summed E-state index contributed by atoms with van der Waals surface area (Å²) in [4.78, 5) is 1.12. The lowest BCUT2D eigenvalue weighted by Gasteiger charge is -2.07. The van der Waals surface area contributed by atoms with E-state index in [1.54, 1.807) is 6.08 Å². The van der Waals surface area contributed by atoms with Gasteiger partial charge in [-0.1, -0.05) is 6.58 Å². The van der Waals surface area contributed by atoms with Crippen LogP contribution in [0.4, 0.5) is 0 Å². The molecule has 0 saturated carbocycles. The van der Waals surface area contributed by atoms with Crippen LogP contribution in [0.1, 0.15) is 19.3 Å². The fraction of sp³-hybridized carbons (Fsp3) is 0.500. The number of hydrogen-bond acceptors (Lipinski definition) is 1. The minimum absolute atomic E-state index is 0.617. The maximum atomic E-state index is 11.2. The molecule has 1 unspecified atom stereocenters. The van der Waals surface area contributed by atoms with Gasteiger partial charge in [-0.15, -0.1) is 0 Å². The summed E-state index contributed by atoms with van der Waals surface area (Å²) in [6, 6.07) is 0. The first-order valence-electron chi connectivity index (χ1n) is 3.53. The van der Waals surface area contributed by atoms with Crippen LogP contribution in [-0.4, -0.2) is 10.3 Å². The molecule has 0 bridgehead atoms. The molecule has 56 valence electrons. The lowest BCUT2D eigenvalue weighted by molar-refractivity contribution is 0.602. The standard InChI is InChI=1S/C8H12OS/c1-2-7-10(9)8-5-3-4-6-8/h2,5H,1,3-4,6-7H2. The number of rotatable bonds is 3. The van der Waals surface area contributed by atoms with Gasteiger partial charge in [0.05, 0.1) is 0 Å². The van der Waals surface area contributed by atoms with E-state index < -0.39 is 11.2 Å². The number of allylic oxidation sites excluding steroid dienone is 2. The Kier molecular flexibility index (Phi) is 3.03. The SMILES string of the molecule is C=CC[S+]([O-])C1=CCCC1. The van der Waals surface area contributed by atoms with E-state index in [4.69, 9.17) is 0 Å². The molecule has 1 aliphatic carbocycles. The molecule has 0 saturated heterocycles. The highest BCUT2D eigenvalue weighted by molar-refractivity contribution is 7.95. The van der Waals surface area contributed by atoms with Crippen molar-refractivity contribution in [3.8, 4) is 0 Å². The van der Waals surface area contributed by atoms with Gasteiger partial charge in [-0.2, -0.15) is 0 Å². The van der Waals surface area contributed by atoms with E-state index in [0.29, 0.717) is 5.75 Å². The Labute approximate surface area is 65.0 Å². The molecule has 0 radical (unpaired) electrons. The van der Waals surface area contributed by atoms with E-state index in [1.165, 1.54) is 6.42 Å². The largest absolute Gasteiger partial charge is 0.611 e. The highest BCUT2D eigenvalue weighted by Gasteiger charge is 2.15. The molecule has 0 N–H and O–H groups in total. The molecule has 0 aromatic heterocycles. The van der Waals surface area contributed by atoms with Crippen LogP contribution < -0.4 is 0 Å². The summed E-state index contributed by atoms with van der Waals surface area (Å²) >= 11 is -0.752. The summed E-state index contributed by atoms with van der Waals surface area (Å²) in [6.07, 6.45) is 7.13. The molecular weight excluding hydrogens is 144 g/mol. The lowest BCUT2D eigenvalue weighted by atomic mass is 10.4. The molecule has 1 rings (SSSR count). The van der Waals surface area contributed by atoms with Gasteiger partial charge in [-0.3, -0.25) is 0 Å². The van der Waals surface area contributed by atoms with Crippen LogP contribution in [0.3, 0.4) is 0 Å². The molecule has 0 aromatic rings. The second-order valence-corrected chi connectivity index (χ2v) is 3.91. The first-order valence-corrected chi connectivity index (χ1v) is 4.85. The third-order valence-electron chi connectivity index (χ3n) is 1.56. The quantitative estimate of drug-likeness (QED) is 0.452. The second-order valence-electron chi connectivity index (χ2n) is 2.36. The molecule has 0 aliphatic heterocycles. The van der Waals surface area contributed by atoms with E-state index >= 15 is 0 Å². The van der Waals surface area contributed by atoms with Crippen LogP contribution in [0.25, 0.3) is 0 Å². The predicted molar refractivity (Wildman–Crippen MR) is 45.1 cm³/mol. The molecule has 0 amide bonds. The van der Waals surface area contributed by atoms with E-state index in [1.807, 2.05) is 0 Å². The lowest BCUT2D eigenvalue weighted by Crippen LogP contribution is -2.05. The van der Waals surface area contributed by atoms with E-state index in [9.17, 15) is 4.55 Å². The Balaban J connectivity index is 2.39. The van der Waals surface area contributed by atoms with Crippen LogP contribution >= 0.6 is 0 Å². The van der Waals surface area contributed by atoms with Crippen LogP contribution in [-0.2, 0) is 11.2 Å². The molecule has 0 spiro atoms. The maximum absolute atomic E-state index is 11.2. The summed E-state index contributed by atoms with van der Waals surface area (Å²) in [6.45, 7) is 3.55. The zero-order valence-corrected chi connectivity index (χ0v) is 6.82. The minimum Gasteiger partial charge on any atom is -0.611 e. The highest BCUT2D eigenvalue weighted by Crippen LogP contribution is 2.23. The Morgan fingerprint density at radius 3 is 3.10 bits per heavy atom. The van der Waals surface area contributed by atoms with Crippen molar-refractivity contribution in [1.29, 1.82) is 0 Å². The maximum Gasteiger partial charge on any atom is 0.128 e. The fourth-order valence-electron chi connectivity index (χ4n) is 1.06. The fourth-order valence-corrected chi connectivity index (χ4v) is 2.17. The summed E-state index contributed by atoms with van der Waals surface area (Å²) in [5.41, 5.74) is 0. The first-order chi connectivity index (χ1) is 4.84. The first kappa shape index (κ1) is 7.89. The molecule has 1 aliphatic rings. The van der Waals surface area contributed by atoms with Gasteiger partial charge in [0.25, 0.3) is 0 Å². The molecule has 1 nitrogen and oxygen atoms in total. The van der Waals surface area contributed by atoms with E-state index in [-0.39, 0.29) is 0 Å². The molecule has 10 heavy (non-hydrogen) atoms. The summed E-state index contributed by atoms with van der Waals surface area (Å²) in [5, 5.41) is 0. The van der Waals surface area contributed by atoms with Crippen molar-refractivity contribution in [1.82, 2.24) is 0 Å². The average Bonchev–Trinajstić information content (AvgIpc) is 2.38.